The van der Waals surface area contributed by atoms with E-state index >= 15 is 0 Å². The quantitative estimate of drug-likeness (QED) is 0.686. The van der Waals surface area contributed by atoms with Crippen LogP contribution in [0.1, 0.15) is 36.2 Å². The van der Waals surface area contributed by atoms with Gasteiger partial charge in [0, 0.05) is 7.05 Å². The lowest BCUT2D eigenvalue weighted by Gasteiger charge is -2.20. The number of hydrogen-bond donors (Lipinski definition) is 1. The Morgan fingerprint density at radius 3 is 2.71 bits per heavy atom. The molecule has 0 unspecified atom stereocenters. The smallest absolute Gasteiger partial charge is 0.202 e. The number of carbonyl (C=O) groups excluding carboxylic acids is 1. The predicted molar refractivity (Wildman–Crippen MR) is 50.7 cm³/mol. The molecule has 1 fully saturated rings. The van der Waals surface area contributed by atoms with Crippen molar-refractivity contribution < 1.29 is 4.79 Å². The number of Topliss-reactive ketones (excluding diaryl/α,β-unsaturated/α-hetero) is 1. The van der Waals surface area contributed by atoms with Gasteiger partial charge in [-0.25, -0.2) is 4.68 Å². The molecular formula is C9H14N4O. The Kier molecular flexibility index (Phi) is 2.11. The van der Waals surface area contributed by atoms with Crippen LogP contribution in [-0.2, 0) is 7.05 Å². The lowest BCUT2D eigenvalue weighted by molar-refractivity contribution is 0.0882. The Hall–Kier alpha value is -1.23. The van der Waals surface area contributed by atoms with Crippen LogP contribution in [0.25, 0.3) is 0 Å². The molecule has 0 bridgehead atoms. The van der Waals surface area contributed by atoms with Crippen LogP contribution < -0.4 is 5.73 Å². The van der Waals surface area contributed by atoms with E-state index in [1.807, 2.05) is 0 Å². The highest BCUT2D eigenvalue weighted by Crippen LogP contribution is 2.29. The normalized spacial score (nSPS) is 19.9. The number of nitrogens with two attached hydrogens (primary N) is 1. The molecule has 0 atom stereocenters. The summed E-state index contributed by atoms with van der Waals surface area (Å²) in [5.41, 5.74) is 5.88. The van der Waals surface area contributed by atoms with E-state index in [4.69, 9.17) is 5.73 Å². The second kappa shape index (κ2) is 3.16. The van der Waals surface area contributed by atoms with Gasteiger partial charge in [-0.2, -0.15) is 0 Å². The van der Waals surface area contributed by atoms with Crippen molar-refractivity contribution in [1.29, 1.82) is 0 Å². The lowest BCUT2D eigenvalue weighted by atomic mass is 9.91. The summed E-state index contributed by atoms with van der Waals surface area (Å²) in [5, 5.41) is 7.41. The van der Waals surface area contributed by atoms with Gasteiger partial charge in [0.05, 0.1) is 11.7 Å². The molecule has 0 amide bonds. The standard InChI is InChI=1S/C9H14N4O/c1-13-7(6-11-12-13)8(14)9(10)4-2-3-5-9/h6H,2-5,10H2,1H3. The number of aryl methyl sites for hydroxylation is 1. The summed E-state index contributed by atoms with van der Waals surface area (Å²) in [6, 6.07) is 0. The summed E-state index contributed by atoms with van der Waals surface area (Å²) in [6.45, 7) is 0. The molecule has 1 aromatic heterocycles. The maximum Gasteiger partial charge on any atom is 0.202 e. The number of carbonyl (C=O) groups is 1. The molecule has 0 radical (unpaired) electrons. The maximum absolute atomic E-state index is 12.0. The van der Waals surface area contributed by atoms with Crippen molar-refractivity contribution in [2.75, 3.05) is 0 Å². The van der Waals surface area contributed by atoms with E-state index in [2.05, 4.69) is 10.3 Å². The van der Waals surface area contributed by atoms with Crippen molar-refractivity contribution in [3.8, 4) is 0 Å². The summed E-state index contributed by atoms with van der Waals surface area (Å²) in [5.74, 6) is -0.0255. The van der Waals surface area contributed by atoms with Crippen molar-refractivity contribution >= 4 is 5.78 Å². The highest BCUT2D eigenvalue weighted by Gasteiger charge is 2.38. The van der Waals surface area contributed by atoms with Crippen molar-refractivity contribution in [3.63, 3.8) is 0 Å². The van der Waals surface area contributed by atoms with E-state index in [0.29, 0.717) is 5.69 Å². The fourth-order valence-corrected chi connectivity index (χ4v) is 1.98. The summed E-state index contributed by atoms with van der Waals surface area (Å²) in [6.07, 6.45) is 5.10. The topological polar surface area (TPSA) is 73.8 Å². The van der Waals surface area contributed by atoms with Crippen LogP contribution in [0.2, 0.25) is 0 Å². The highest BCUT2D eigenvalue weighted by molar-refractivity contribution is 6.01. The molecule has 0 aromatic carbocycles. The Morgan fingerprint density at radius 1 is 1.57 bits per heavy atom. The first-order valence-corrected chi connectivity index (χ1v) is 4.82. The molecule has 5 nitrogen and oxygen atoms in total. The van der Waals surface area contributed by atoms with Gasteiger partial charge in [-0.1, -0.05) is 18.1 Å². The zero-order valence-electron chi connectivity index (χ0n) is 8.23. The molecule has 0 aliphatic heterocycles. The lowest BCUT2D eigenvalue weighted by Crippen LogP contribution is -2.45. The molecule has 1 aliphatic rings. The van der Waals surface area contributed by atoms with Crippen LogP contribution >= 0.6 is 0 Å². The molecular weight excluding hydrogens is 180 g/mol. The minimum atomic E-state index is -0.671. The van der Waals surface area contributed by atoms with Gasteiger partial charge >= 0.3 is 0 Å². The maximum atomic E-state index is 12.0. The van der Waals surface area contributed by atoms with Crippen molar-refractivity contribution in [3.05, 3.63) is 11.9 Å². The zero-order valence-corrected chi connectivity index (χ0v) is 8.23. The first-order valence-electron chi connectivity index (χ1n) is 4.82. The third-order valence-corrected chi connectivity index (χ3v) is 2.90. The van der Waals surface area contributed by atoms with Gasteiger partial charge in [0.2, 0.25) is 5.78 Å². The fourth-order valence-electron chi connectivity index (χ4n) is 1.98. The van der Waals surface area contributed by atoms with E-state index in [0.717, 1.165) is 25.7 Å². The number of rotatable bonds is 2. The number of nitrogens with zero attached hydrogens (tertiary/aromatic N) is 3. The Morgan fingerprint density at radius 2 is 2.21 bits per heavy atom. The molecule has 1 saturated carbocycles. The van der Waals surface area contributed by atoms with Gasteiger partial charge in [0.1, 0.15) is 5.69 Å². The predicted octanol–water partition coefficient (Wildman–Crippen LogP) is 0.269. The van der Waals surface area contributed by atoms with Gasteiger partial charge in [-0.3, -0.25) is 4.79 Å². The summed E-state index contributed by atoms with van der Waals surface area (Å²) in [4.78, 5) is 12.0. The van der Waals surface area contributed by atoms with E-state index in [9.17, 15) is 4.79 Å². The fraction of sp³-hybridized carbons (Fsp3) is 0.667. The van der Waals surface area contributed by atoms with Crippen LogP contribution in [-0.4, -0.2) is 26.3 Å². The average Bonchev–Trinajstić information content (AvgIpc) is 2.74. The highest BCUT2D eigenvalue weighted by atomic mass is 16.1. The average molecular weight is 194 g/mol. The van der Waals surface area contributed by atoms with E-state index in [-0.39, 0.29) is 5.78 Å². The monoisotopic (exact) mass is 194 g/mol. The molecule has 1 heterocycles. The number of ketones is 1. The Labute approximate surface area is 82.3 Å². The van der Waals surface area contributed by atoms with Crippen LogP contribution in [0.15, 0.2) is 6.20 Å². The molecule has 14 heavy (non-hydrogen) atoms. The molecule has 2 N–H and O–H groups in total. The molecule has 1 aliphatic carbocycles. The summed E-state index contributed by atoms with van der Waals surface area (Å²) < 4.78 is 1.48. The van der Waals surface area contributed by atoms with Crippen molar-refractivity contribution in [1.82, 2.24) is 15.0 Å². The van der Waals surface area contributed by atoms with E-state index in [1.54, 1.807) is 7.05 Å². The van der Waals surface area contributed by atoms with E-state index < -0.39 is 5.54 Å². The summed E-state index contributed by atoms with van der Waals surface area (Å²) >= 11 is 0. The largest absolute Gasteiger partial charge is 0.319 e. The van der Waals surface area contributed by atoms with Crippen LogP contribution in [0.5, 0.6) is 0 Å². The third kappa shape index (κ3) is 1.33. The SMILES string of the molecule is Cn1nncc1C(=O)C1(N)CCCC1. The summed E-state index contributed by atoms with van der Waals surface area (Å²) in [7, 11) is 1.71. The van der Waals surface area contributed by atoms with Crippen LogP contribution in [0.4, 0.5) is 0 Å². The molecule has 1 aromatic rings. The zero-order chi connectivity index (χ0) is 10.2. The second-order valence-corrected chi connectivity index (χ2v) is 3.94. The van der Waals surface area contributed by atoms with Gasteiger partial charge in [-0.15, -0.1) is 5.10 Å². The number of hydrogen-bond acceptors (Lipinski definition) is 4. The van der Waals surface area contributed by atoms with Crippen molar-refractivity contribution in [2.24, 2.45) is 12.8 Å². The minimum absolute atomic E-state index is 0.0255. The molecule has 0 saturated heterocycles. The van der Waals surface area contributed by atoms with Gasteiger partial charge in [0.15, 0.2) is 0 Å². The minimum Gasteiger partial charge on any atom is -0.319 e. The van der Waals surface area contributed by atoms with Gasteiger partial charge in [-0.05, 0) is 12.8 Å². The molecule has 2 rings (SSSR count). The third-order valence-electron chi connectivity index (χ3n) is 2.90. The number of aromatic nitrogens is 3. The first kappa shape index (κ1) is 9.33. The van der Waals surface area contributed by atoms with Crippen LogP contribution in [0, 0.1) is 0 Å². The van der Waals surface area contributed by atoms with Gasteiger partial charge in [0.25, 0.3) is 0 Å². The van der Waals surface area contributed by atoms with Crippen molar-refractivity contribution in [2.45, 2.75) is 31.2 Å². The molecule has 0 spiro atoms. The molecule has 5 heteroatoms. The Balaban J connectivity index is 2.28. The second-order valence-electron chi connectivity index (χ2n) is 3.94. The Bertz CT molecular complexity index is 351. The van der Waals surface area contributed by atoms with Gasteiger partial charge < -0.3 is 5.73 Å². The van der Waals surface area contributed by atoms with Crippen LogP contribution in [0.3, 0.4) is 0 Å². The molecule has 76 valence electrons. The first-order chi connectivity index (χ1) is 6.63. The van der Waals surface area contributed by atoms with E-state index in [1.165, 1.54) is 10.9 Å².